The second kappa shape index (κ2) is 3.03. The van der Waals surface area contributed by atoms with Crippen LogP contribution in [-0.4, -0.2) is 20.0 Å². The molecule has 0 saturated heterocycles. The van der Waals surface area contributed by atoms with Crippen LogP contribution in [0.2, 0.25) is 0 Å². The van der Waals surface area contributed by atoms with Crippen LogP contribution in [0.1, 0.15) is 24.5 Å². The largest absolute Gasteiger partial charge is 0.374 e. The molecule has 0 aliphatic heterocycles. The second-order valence-electron chi connectivity index (χ2n) is 3.79. The van der Waals surface area contributed by atoms with Gasteiger partial charge in [0.2, 0.25) is 5.13 Å². The van der Waals surface area contributed by atoms with Gasteiger partial charge in [-0.3, -0.25) is 4.68 Å². The molecule has 78 valence electrons. The minimum absolute atomic E-state index is 0.510. The standard InChI is InChI=1S/C9H11N5S/c1-14-7(5-2-3-5)6(4-11-14)8-12-13-9(10)15-8/h4-5H,2-3H2,1H3,(H2,10,13). The van der Waals surface area contributed by atoms with E-state index in [9.17, 15) is 0 Å². The maximum Gasteiger partial charge on any atom is 0.203 e. The summed E-state index contributed by atoms with van der Waals surface area (Å²) in [5, 5.41) is 13.6. The van der Waals surface area contributed by atoms with Gasteiger partial charge < -0.3 is 5.73 Å². The summed E-state index contributed by atoms with van der Waals surface area (Å²) in [5.41, 5.74) is 7.94. The van der Waals surface area contributed by atoms with E-state index in [-0.39, 0.29) is 0 Å². The Bertz CT molecular complexity index is 496. The second-order valence-corrected chi connectivity index (χ2v) is 4.80. The van der Waals surface area contributed by atoms with E-state index in [0.29, 0.717) is 11.0 Å². The van der Waals surface area contributed by atoms with E-state index in [1.165, 1.54) is 29.9 Å². The van der Waals surface area contributed by atoms with Crippen LogP contribution >= 0.6 is 11.3 Å². The van der Waals surface area contributed by atoms with Gasteiger partial charge in [0.25, 0.3) is 0 Å². The third kappa shape index (κ3) is 1.41. The average molecular weight is 221 g/mol. The lowest BCUT2D eigenvalue weighted by Crippen LogP contribution is -1.96. The van der Waals surface area contributed by atoms with Crippen LogP contribution in [0.3, 0.4) is 0 Å². The minimum Gasteiger partial charge on any atom is -0.374 e. The van der Waals surface area contributed by atoms with Crippen LogP contribution in [0.5, 0.6) is 0 Å². The lowest BCUT2D eigenvalue weighted by Gasteiger charge is -2.00. The molecular formula is C9H11N5S. The summed E-state index contributed by atoms with van der Waals surface area (Å²) in [5.74, 6) is 0.651. The van der Waals surface area contributed by atoms with E-state index >= 15 is 0 Å². The summed E-state index contributed by atoms with van der Waals surface area (Å²) in [6, 6.07) is 0. The monoisotopic (exact) mass is 221 g/mol. The molecule has 0 radical (unpaired) electrons. The van der Waals surface area contributed by atoms with Gasteiger partial charge >= 0.3 is 0 Å². The van der Waals surface area contributed by atoms with Crippen molar-refractivity contribution in [2.75, 3.05) is 5.73 Å². The molecule has 2 N–H and O–H groups in total. The predicted molar refractivity (Wildman–Crippen MR) is 58.5 cm³/mol. The first kappa shape index (κ1) is 8.84. The number of aromatic nitrogens is 4. The molecule has 6 heteroatoms. The number of nitrogen functional groups attached to an aromatic ring is 1. The molecule has 0 bridgehead atoms. The highest BCUT2D eigenvalue weighted by Gasteiger charge is 2.30. The van der Waals surface area contributed by atoms with Gasteiger partial charge in [-0.2, -0.15) is 5.10 Å². The number of anilines is 1. The van der Waals surface area contributed by atoms with Crippen LogP contribution in [0, 0.1) is 0 Å². The highest BCUT2D eigenvalue weighted by atomic mass is 32.1. The fourth-order valence-electron chi connectivity index (χ4n) is 1.80. The molecule has 2 aromatic heterocycles. The van der Waals surface area contributed by atoms with Gasteiger partial charge in [-0.25, -0.2) is 0 Å². The fraction of sp³-hybridized carbons (Fsp3) is 0.444. The molecule has 0 aromatic carbocycles. The van der Waals surface area contributed by atoms with Crippen LogP contribution in [-0.2, 0) is 7.05 Å². The van der Waals surface area contributed by atoms with Crippen molar-refractivity contribution in [3.8, 4) is 10.6 Å². The van der Waals surface area contributed by atoms with Gasteiger partial charge in [0.05, 0.1) is 17.5 Å². The molecule has 1 aliphatic rings. The van der Waals surface area contributed by atoms with E-state index in [0.717, 1.165) is 10.6 Å². The molecule has 15 heavy (non-hydrogen) atoms. The zero-order valence-corrected chi connectivity index (χ0v) is 9.16. The van der Waals surface area contributed by atoms with Crippen LogP contribution in [0.4, 0.5) is 5.13 Å². The summed E-state index contributed by atoms with van der Waals surface area (Å²) in [7, 11) is 1.97. The normalized spacial score (nSPS) is 15.8. The van der Waals surface area contributed by atoms with Gasteiger partial charge in [0.1, 0.15) is 0 Å². The molecule has 1 fully saturated rings. The molecule has 0 spiro atoms. The van der Waals surface area contributed by atoms with E-state index in [1.54, 1.807) is 0 Å². The quantitative estimate of drug-likeness (QED) is 0.832. The van der Waals surface area contributed by atoms with Crippen molar-refractivity contribution < 1.29 is 0 Å². The SMILES string of the molecule is Cn1ncc(-c2nnc(N)s2)c1C1CC1. The number of aryl methyl sites for hydroxylation is 1. The summed E-state index contributed by atoms with van der Waals surface area (Å²) in [4.78, 5) is 0. The summed E-state index contributed by atoms with van der Waals surface area (Å²) in [6.45, 7) is 0. The smallest absolute Gasteiger partial charge is 0.203 e. The Morgan fingerprint density at radius 3 is 2.87 bits per heavy atom. The maximum absolute atomic E-state index is 5.58. The molecule has 2 heterocycles. The molecule has 5 nitrogen and oxygen atoms in total. The molecule has 0 amide bonds. The fourth-order valence-corrected chi connectivity index (χ4v) is 2.42. The van der Waals surface area contributed by atoms with Gasteiger partial charge in [-0.15, -0.1) is 10.2 Å². The van der Waals surface area contributed by atoms with E-state index < -0.39 is 0 Å². The predicted octanol–water partition coefficient (Wildman–Crippen LogP) is 1.40. The van der Waals surface area contributed by atoms with Gasteiger partial charge in [-0.1, -0.05) is 11.3 Å². The van der Waals surface area contributed by atoms with Crippen LogP contribution in [0.15, 0.2) is 6.20 Å². The Hall–Kier alpha value is -1.43. The topological polar surface area (TPSA) is 69.6 Å². The van der Waals surface area contributed by atoms with Crippen molar-refractivity contribution in [1.82, 2.24) is 20.0 Å². The van der Waals surface area contributed by atoms with Crippen molar-refractivity contribution >= 4 is 16.5 Å². The third-order valence-corrected chi connectivity index (χ3v) is 3.41. The summed E-state index contributed by atoms with van der Waals surface area (Å²) >= 11 is 1.42. The number of hydrogen-bond acceptors (Lipinski definition) is 5. The average Bonchev–Trinajstić information content (AvgIpc) is 2.84. The Morgan fingerprint density at radius 2 is 2.27 bits per heavy atom. The van der Waals surface area contributed by atoms with Crippen molar-refractivity contribution in [2.45, 2.75) is 18.8 Å². The van der Waals surface area contributed by atoms with Crippen molar-refractivity contribution in [3.05, 3.63) is 11.9 Å². The minimum atomic E-state index is 0.510. The molecule has 1 aliphatic carbocycles. The Labute approximate surface area is 90.9 Å². The highest BCUT2D eigenvalue weighted by molar-refractivity contribution is 7.18. The molecule has 1 saturated carbocycles. The molecule has 2 aromatic rings. The number of rotatable bonds is 2. The van der Waals surface area contributed by atoms with Crippen LogP contribution < -0.4 is 5.73 Å². The van der Waals surface area contributed by atoms with E-state index in [2.05, 4.69) is 15.3 Å². The number of nitrogens with two attached hydrogens (primary N) is 1. The Morgan fingerprint density at radius 1 is 1.47 bits per heavy atom. The molecule has 3 rings (SSSR count). The number of hydrogen-bond donors (Lipinski definition) is 1. The van der Waals surface area contributed by atoms with E-state index in [1.807, 2.05) is 17.9 Å². The first-order valence-electron chi connectivity index (χ1n) is 4.87. The molecule has 0 unspecified atom stereocenters. The zero-order valence-electron chi connectivity index (χ0n) is 8.34. The van der Waals surface area contributed by atoms with E-state index in [4.69, 9.17) is 5.73 Å². The van der Waals surface area contributed by atoms with Crippen LogP contribution in [0.25, 0.3) is 10.6 Å². The lowest BCUT2D eigenvalue weighted by atomic mass is 10.2. The van der Waals surface area contributed by atoms with Crippen molar-refractivity contribution in [1.29, 1.82) is 0 Å². The first-order valence-corrected chi connectivity index (χ1v) is 5.68. The van der Waals surface area contributed by atoms with Crippen molar-refractivity contribution in [2.24, 2.45) is 7.05 Å². The van der Waals surface area contributed by atoms with Gasteiger partial charge in [-0.05, 0) is 12.8 Å². The zero-order chi connectivity index (χ0) is 10.4. The maximum atomic E-state index is 5.58. The summed E-state index contributed by atoms with van der Waals surface area (Å²) < 4.78 is 1.94. The van der Waals surface area contributed by atoms with Crippen molar-refractivity contribution in [3.63, 3.8) is 0 Å². The Balaban J connectivity index is 2.11. The number of nitrogens with zero attached hydrogens (tertiary/aromatic N) is 4. The molecular weight excluding hydrogens is 210 g/mol. The highest BCUT2D eigenvalue weighted by Crippen LogP contribution is 2.44. The first-order chi connectivity index (χ1) is 7.25. The Kier molecular flexibility index (Phi) is 1.79. The molecule has 0 atom stereocenters. The van der Waals surface area contributed by atoms with Gasteiger partial charge in [0.15, 0.2) is 5.01 Å². The summed E-state index contributed by atoms with van der Waals surface area (Å²) in [6.07, 6.45) is 4.36. The third-order valence-electron chi connectivity index (χ3n) is 2.62. The van der Waals surface area contributed by atoms with Gasteiger partial charge in [0, 0.05) is 13.0 Å². The lowest BCUT2D eigenvalue weighted by molar-refractivity contribution is 0.714.